The number of hydrogen-bond acceptors (Lipinski definition) is 4. The van der Waals surface area contributed by atoms with Gasteiger partial charge in [-0.25, -0.2) is 0 Å². The van der Waals surface area contributed by atoms with Gasteiger partial charge in [0.15, 0.2) is 0 Å². The van der Waals surface area contributed by atoms with Crippen LogP contribution in [0.2, 0.25) is 0 Å². The van der Waals surface area contributed by atoms with E-state index in [4.69, 9.17) is 0 Å². The lowest BCUT2D eigenvalue weighted by Gasteiger charge is -2.41. The molecule has 2 fully saturated rings. The van der Waals surface area contributed by atoms with Gasteiger partial charge >= 0.3 is 0 Å². The maximum Gasteiger partial charge on any atom is 0.0446 e. The maximum atomic E-state index is 9.33. The second kappa shape index (κ2) is 7.34. The van der Waals surface area contributed by atoms with Crippen molar-refractivity contribution >= 4 is 0 Å². The van der Waals surface area contributed by atoms with Gasteiger partial charge in [0.2, 0.25) is 0 Å². The summed E-state index contributed by atoms with van der Waals surface area (Å²) in [5.74, 6) is 0.938. The van der Waals surface area contributed by atoms with E-state index >= 15 is 0 Å². The Morgan fingerprint density at radius 2 is 2.19 bits per heavy atom. The molecule has 4 nitrogen and oxygen atoms in total. The summed E-state index contributed by atoms with van der Waals surface area (Å²) in [6.45, 7) is 6.09. The highest BCUT2D eigenvalue weighted by Gasteiger charge is 2.31. The maximum absolute atomic E-state index is 9.33. The zero-order chi connectivity index (χ0) is 14.5. The topological polar surface area (TPSA) is 39.6 Å². The molecule has 1 aliphatic carbocycles. The van der Waals surface area contributed by atoms with E-state index in [9.17, 15) is 5.11 Å². The Kier molecular flexibility index (Phi) is 5.22. The Labute approximate surface area is 127 Å². The van der Waals surface area contributed by atoms with E-state index in [1.165, 1.54) is 24.9 Å². The van der Waals surface area contributed by atoms with Crippen molar-refractivity contribution in [1.29, 1.82) is 0 Å². The highest BCUT2D eigenvalue weighted by Crippen LogP contribution is 2.31. The first kappa shape index (κ1) is 14.9. The Bertz CT molecular complexity index is 421. The second-order valence-corrected chi connectivity index (χ2v) is 6.52. The van der Waals surface area contributed by atoms with Crippen LogP contribution in [0.5, 0.6) is 0 Å². The monoisotopic (exact) mass is 289 g/mol. The van der Waals surface area contributed by atoms with Gasteiger partial charge in [-0.2, -0.15) is 0 Å². The molecule has 1 atom stereocenters. The average molecular weight is 289 g/mol. The van der Waals surface area contributed by atoms with Gasteiger partial charge in [-0.15, -0.1) is 0 Å². The van der Waals surface area contributed by atoms with Crippen LogP contribution in [0.4, 0.5) is 0 Å². The Morgan fingerprint density at radius 3 is 2.90 bits per heavy atom. The molecule has 0 bridgehead atoms. The van der Waals surface area contributed by atoms with Gasteiger partial charge in [-0.1, -0.05) is 6.07 Å². The summed E-state index contributed by atoms with van der Waals surface area (Å²) in [6.07, 6.45) is 8.60. The van der Waals surface area contributed by atoms with E-state index in [2.05, 4.69) is 20.9 Å². The van der Waals surface area contributed by atoms with E-state index in [0.717, 1.165) is 44.9 Å². The number of aliphatic hydroxyl groups excluding tert-OH is 1. The number of piperazine rings is 1. The van der Waals surface area contributed by atoms with Crippen molar-refractivity contribution in [2.24, 2.45) is 5.92 Å². The summed E-state index contributed by atoms with van der Waals surface area (Å²) in [5.41, 5.74) is 1.32. The van der Waals surface area contributed by atoms with Crippen LogP contribution in [-0.4, -0.2) is 65.3 Å². The molecule has 3 rings (SSSR count). The van der Waals surface area contributed by atoms with Gasteiger partial charge in [-0.05, 0) is 43.2 Å². The minimum Gasteiger partial charge on any atom is -0.396 e. The van der Waals surface area contributed by atoms with Crippen molar-refractivity contribution in [2.45, 2.75) is 31.7 Å². The van der Waals surface area contributed by atoms with Crippen molar-refractivity contribution in [3.05, 3.63) is 30.1 Å². The first-order valence-corrected chi connectivity index (χ1v) is 8.31. The summed E-state index contributed by atoms with van der Waals surface area (Å²) >= 11 is 0. The van der Waals surface area contributed by atoms with E-state index in [1.807, 2.05) is 18.5 Å². The van der Waals surface area contributed by atoms with Crippen molar-refractivity contribution in [3.63, 3.8) is 0 Å². The second-order valence-electron chi connectivity index (χ2n) is 6.52. The van der Waals surface area contributed by atoms with Gasteiger partial charge in [0.05, 0.1) is 0 Å². The summed E-state index contributed by atoms with van der Waals surface area (Å²) in [5, 5.41) is 9.33. The molecule has 21 heavy (non-hydrogen) atoms. The molecule has 0 radical (unpaired) electrons. The van der Waals surface area contributed by atoms with Gasteiger partial charge < -0.3 is 10.0 Å². The number of pyridine rings is 1. The molecule has 2 heterocycles. The molecule has 1 N–H and O–H groups in total. The Morgan fingerprint density at radius 1 is 1.29 bits per heavy atom. The van der Waals surface area contributed by atoms with Gasteiger partial charge in [0.25, 0.3) is 0 Å². The third-order valence-corrected chi connectivity index (χ3v) is 4.78. The molecule has 1 unspecified atom stereocenters. The zero-order valence-corrected chi connectivity index (χ0v) is 12.8. The molecule has 1 aliphatic heterocycles. The highest BCUT2D eigenvalue weighted by molar-refractivity contribution is 5.08. The highest BCUT2D eigenvalue weighted by atomic mass is 16.3. The SMILES string of the molecule is OCCC1CN(CCc2cccnc2)CCN1CC1CC1. The van der Waals surface area contributed by atoms with Crippen LogP contribution in [0, 0.1) is 5.92 Å². The molecule has 2 aliphatic rings. The van der Waals surface area contributed by atoms with E-state index in [-0.39, 0.29) is 0 Å². The van der Waals surface area contributed by atoms with Crippen LogP contribution in [0.25, 0.3) is 0 Å². The largest absolute Gasteiger partial charge is 0.396 e. The normalized spacial score (nSPS) is 24.3. The van der Waals surface area contributed by atoms with Gasteiger partial charge in [0.1, 0.15) is 0 Å². The van der Waals surface area contributed by atoms with E-state index < -0.39 is 0 Å². The predicted molar refractivity (Wildman–Crippen MR) is 84.2 cm³/mol. The number of rotatable bonds is 7. The quantitative estimate of drug-likeness (QED) is 0.824. The van der Waals surface area contributed by atoms with Crippen molar-refractivity contribution in [1.82, 2.24) is 14.8 Å². The first-order chi connectivity index (χ1) is 10.3. The number of nitrogens with zero attached hydrogens (tertiary/aromatic N) is 3. The van der Waals surface area contributed by atoms with Crippen molar-refractivity contribution in [3.8, 4) is 0 Å². The molecule has 4 heteroatoms. The fraction of sp³-hybridized carbons (Fsp3) is 0.706. The molecule has 116 valence electrons. The van der Waals surface area contributed by atoms with Crippen LogP contribution < -0.4 is 0 Å². The van der Waals surface area contributed by atoms with Gasteiger partial charge in [0, 0.05) is 57.8 Å². The summed E-state index contributed by atoms with van der Waals surface area (Å²) in [4.78, 5) is 9.36. The summed E-state index contributed by atoms with van der Waals surface area (Å²) < 4.78 is 0. The lowest BCUT2D eigenvalue weighted by molar-refractivity contribution is 0.0565. The number of aliphatic hydroxyl groups is 1. The Balaban J connectivity index is 1.48. The van der Waals surface area contributed by atoms with E-state index in [0.29, 0.717) is 12.6 Å². The fourth-order valence-electron chi connectivity index (χ4n) is 3.29. The molecular formula is C17H27N3O. The average Bonchev–Trinajstić information content (AvgIpc) is 3.33. The molecule has 0 aromatic carbocycles. The lowest BCUT2D eigenvalue weighted by Crippen LogP contribution is -2.54. The third-order valence-electron chi connectivity index (χ3n) is 4.78. The van der Waals surface area contributed by atoms with Crippen LogP contribution in [0.3, 0.4) is 0 Å². The minimum atomic E-state index is 0.308. The standard InChI is InChI=1S/C17H27N3O/c21-11-6-17-14-19(8-5-15-2-1-7-18-12-15)9-10-20(17)13-16-3-4-16/h1-2,7,12,16-17,21H,3-6,8-11,13-14H2. The molecule has 1 aromatic rings. The first-order valence-electron chi connectivity index (χ1n) is 8.31. The molecule has 0 spiro atoms. The van der Waals surface area contributed by atoms with Crippen molar-refractivity contribution < 1.29 is 5.11 Å². The number of aromatic nitrogens is 1. The molecular weight excluding hydrogens is 262 g/mol. The van der Waals surface area contributed by atoms with Crippen molar-refractivity contribution in [2.75, 3.05) is 39.3 Å². The smallest absolute Gasteiger partial charge is 0.0446 e. The summed E-state index contributed by atoms with van der Waals surface area (Å²) in [6, 6.07) is 4.71. The molecule has 1 aromatic heterocycles. The summed E-state index contributed by atoms with van der Waals surface area (Å²) in [7, 11) is 0. The van der Waals surface area contributed by atoms with E-state index in [1.54, 1.807) is 0 Å². The van der Waals surface area contributed by atoms with Gasteiger partial charge in [-0.3, -0.25) is 9.88 Å². The zero-order valence-electron chi connectivity index (χ0n) is 12.8. The predicted octanol–water partition coefficient (Wildman–Crippen LogP) is 1.40. The van der Waals surface area contributed by atoms with Crippen LogP contribution in [0.15, 0.2) is 24.5 Å². The van der Waals surface area contributed by atoms with Crippen LogP contribution in [-0.2, 0) is 6.42 Å². The van der Waals surface area contributed by atoms with Crippen LogP contribution >= 0.6 is 0 Å². The lowest BCUT2D eigenvalue weighted by atomic mass is 10.1. The molecule has 0 amide bonds. The Hall–Kier alpha value is -0.970. The minimum absolute atomic E-state index is 0.308. The molecule has 1 saturated carbocycles. The van der Waals surface area contributed by atoms with Crippen LogP contribution in [0.1, 0.15) is 24.8 Å². The fourth-order valence-corrected chi connectivity index (χ4v) is 3.29. The number of hydrogen-bond donors (Lipinski definition) is 1. The molecule has 1 saturated heterocycles. The third kappa shape index (κ3) is 4.50.